The Balaban J connectivity index is 1.85. The third-order valence-corrected chi connectivity index (χ3v) is 3.99. The van der Waals surface area contributed by atoms with Crippen molar-refractivity contribution in [1.82, 2.24) is 15.2 Å². The zero-order valence-electron chi connectivity index (χ0n) is 15.0. The molecule has 3 aromatic rings. The maximum absolute atomic E-state index is 6.30. The Hall–Kier alpha value is -3.06. The van der Waals surface area contributed by atoms with Crippen LogP contribution in [-0.2, 0) is 0 Å². The standard InChI is InChI=1S/C19H22N4O3/c1-4-26-16-11-13(7-10-15(16)25-3)18-21-19(23-22-18)17(20)12-5-8-14(24-2)9-6-12/h5-11,17H,4,20H2,1-3H3,(H,21,22,23)/t17-/m1/s1. The van der Waals surface area contributed by atoms with Crippen molar-refractivity contribution in [1.29, 1.82) is 0 Å². The second-order valence-corrected chi connectivity index (χ2v) is 5.59. The second kappa shape index (κ2) is 7.88. The molecule has 0 saturated heterocycles. The van der Waals surface area contributed by atoms with Crippen LogP contribution in [0.2, 0.25) is 0 Å². The molecule has 26 heavy (non-hydrogen) atoms. The highest BCUT2D eigenvalue weighted by Gasteiger charge is 2.16. The van der Waals surface area contributed by atoms with Gasteiger partial charge < -0.3 is 19.9 Å². The summed E-state index contributed by atoms with van der Waals surface area (Å²) in [6, 6.07) is 12.7. The van der Waals surface area contributed by atoms with Crippen molar-refractivity contribution in [3.05, 3.63) is 53.9 Å². The largest absolute Gasteiger partial charge is 0.497 e. The Morgan fingerprint density at radius 3 is 2.46 bits per heavy atom. The summed E-state index contributed by atoms with van der Waals surface area (Å²) in [4.78, 5) is 4.54. The highest BCUT2D eigenvalue weighted by molar-refractivity contribution is 5.61. The highest BCUT2D eigenvalue weighted by atomic mass is 16.5. The summed E-state index contributed by atoms with van der Waals surface area (Å²) in [5.74, 6) is 3.23. The first-order chi connectivity index (χ1) is 12.7. The Bertz CT molecular complexity index is 861. The quantitative estimate of drug-likeness (QED) is 0.677. The summed E-state index contributed by atoms with van der Waals surface area (Å²) >= 11 is 0. The van der Waals surface area contributed by atoms with Gasteiger partial charge in [-0.05, 0) is 42.8 Å². The van der Waals surface area contributed by atoms with E-state index in [1.165, 1.54) is 0 Å². The van der Waals surface area contributed by atoms with Gasteiger partial charge in [0, 0.05) is 5.56 Å². The molecule has 0 aliphatic heterocycles. The number of ether oxygens (including phenoxy) is 3. The van der Waals surface area contributed by atoms with Crippen LogP contribution in [0.1, 0.15) is 24.4 Å². The number of benzene rings is 2. The maximum Gasteiger partial charge on any atom is 0.181 e. The molecular weight excluding hydrogens is 332 g/mol. The van der Waals surface area contributed by atoms with Crippen LogP contribution in [0.5, 0.6) is 17.2 Å². The molecular formula is C19H22N4O3. The highest BCUT2D eigenvalue weighted by Crippen LogP contribution is 2.31. The van der Waals surface area contributed by atoms with E-state index >= 15 is 0 Å². The first-order valence-electron chi connectivity index (χ1n) is 8.29. The van der Waals surface area contributed by atoms with Crippen LogP contribution in [0.4, 0.5) is 0 Å². The van der Waals surface area contributed by atoms with Gasteiger partial charge in [0.1, 0.15) is 11.6 Å². The van der Waals surface area contributed by atoms with E-state index in [1.54, 1.807) is 14.2 Å². The number of methoxy groups -OCH3 is 2. The van der Waals surface area contributed by atoms with E-state index in [0.29, 0.717) is 29.8 Å². The molecule has 0 fully saturated rings. The van der Waals surface area contributed by atoms with E-state index in [2.05, 4.69) is 15.2 Å². The van der Waals surface area contributed by atoms with Crippen molar-refractivity contribution in [2.24, 2.45) is 5.73 Å². The number of H-pyrrole nitrogens is 1. The Morgan fingerprint density at radius 2 is 1.81 bits per heavy atom. The van der Waals surface area contributed by atoms with E-state index in [0.717, 1.165) is 16.9 Å². The molecule has 136 valence electrons. The van der Waals surface area contributed by atoms with Gasteiger partial charge >= 0.3 is 0 Å². The van der Waals surface area contributed by atoms with Crippen molar-refractivity contribution < 1.29 is 14.2 Å². The van der Waals surface area contributed by atoms with E-state index < -0.39 is 6.04 Å². The van der Waals surface area contributed by atoms with Crippen molar-refractivity contribution in [2.75, 3.05) is 20.8 Å². The van der Waals surface area contributed by atoms with Crippen molar-refractivity contribution in [2.45, 2.75) is 13.0 Å². The molecule has 0 unspecified atom stereocenters. The molecule has 3 rings (SSSR count). The van der Waals surface area contributed by atoms with Crippen molar-refractivity contribution in [3.63, 3.8) is 0 Å². The minimum atomic E-state index is -0.410. The van der Waals surface area contributed by atoms with Gasteiger partial charge in [-0.15, -0.1) is 0 Å². The maximum atomic E-state index is 6.30. The van der Waals surface area contributed by atoms with Crippen LogP contribution in [0, 0.1) is 0 Å². The van der Waals surface area contributed by atoms with E-state index in [9.17, 15) is 0 Å². The molecule has 0 bridgehead atoms. The van der Waals surface area contributed by atoms with E-state index in [4.69, 9.17) is 19.9 Å². The second-order valence-electron chi connectivity index (χ2n) is 5.59. The molecule has 0 spiro atoms. The lowest BCUT2D eigenvalue weighted by molar-refractivity contribution is 0.311. The van der Waals surface area contributed by atoms with Crippen LogP contribution in [0.15, 0.2) is 42.5 Å². The molecule has 1 heterocycles. The number of aromatic nitrogens is 3. The zero-order chi connectivity index (χ0) is 18.5. The van der Waals surface area contributed by atoms with Crippen molar-refractivity contribution in [3.8, 4) is 28.6 Å². The fraction of sp³-hybridized carbons (Fsp3) is 0.263. The molecule has 7 nitrogen and oxygen atoms in total. The molecule has 0 amide bonds. The molecule has 0 aliphatic carbocycles. The molecule has 1 aromatic heterocycles. The van der Waals surface area contributed by atoms with Crippen LogP contribution < -0.4 is 19.9 Å². The molecule has 0 aliphatic rings. The van der Waals surface area contributed by atoms with Crippen LogP contribution in [0.25, 0.3) is 11.4 Å². The summed E-state index contributed by atoms with van der Waals surface area (Å²) in [5, 5.41) is 7.21. The molecule has 7 heteroatoms. The molecule has 0 saturated carbocycles. The molecule has 1 atom stereocenters. The molecule has 0 radical (unpaired) electrons. The summed E-state index contributed by atoms with van der Waals surface area (Å²) in [6.45, 7) is 2.46. The van der Waals surface area contributed by atoms with Gasteiger partial charge in [-0.1, -0.05) is 12.1 Å². The van der Waals surface area contributed by atoms with Crippen molar-refractivity contribution >= 4 is 0 Å². The third kappa shape index (κ3) is 3.62. The van der Waals surface area contributed by atoms with E-state index in [1.807, 2.05) is 49.4 Å². The lowest BCUT2D eigenvalue weighted by Gasteiger charge is -2.10. The third-order valence-electron chi connectivity index (χ3n) is 3.99. The number of hydrogen-bond acceptors (Lipinski definition) is 6. The number of rotatable bonds is 7. The minimum Gasteiger partial charge on any atom is -0.497 e. The summed E-state index contributed by atoms with van der Waals surface area (Å²) in [5.41, 5.74) is 8.04. The predicted octanol–water partition coefficient (Wildman–Crippen LogP) is 2.94. The fourth-order valence-corrected chi connectivity index (χ4v) is 2.60. The van der Waals surface area contributed by atoms with Gasteiger partial charge in [-0.25, -0.2) is 4.98 Å². The van der Waals surface area contributed by atoms with Gasteiger partial charge in [0.25, 0.3) is 0 Å². The summed E-state index contributed by atoms with van der Waals surface area (Å²) < 4.78 is 16.1. The fourth-order valence-electron chi connectivity index (χ4n) is 2.60. The Kier molecular flexibility index (Phi) is 5.38. The van der Waals surface area contributed by atoms with Gasteiger partial charge in [0.2, 0.25) is 0 Å². The number of aromatic amines is 1. The van der Waals surface area contributed by atoms with Gasteiger partial charge in [0.05, 0.1) is 26.9 Å². The zero-order valence-corrected chi connectivity index (χ0v) is 15.0. The van der Waals surface area contributed by atoms with Gasteiger partial charge in [-0.3, -0.25) is 5.10 Å². The first kappa shape index (κ1) is 17.8. The first-order valence-corrected chi connectivity index (χ1v) is 8.29. The van der Waals surface area contributed by atoms with Gasteiger partial charge in [0.15, 0.2) is 17.3 Å². The number of nitrogens with zero attached hydrogens (tertiary/aromatic N) is 2. The van der Waals surface area contributed by atoms with Gasteiger partial charge in [-0.2, -0.15) is 5.10 Å². The predicted molar refractivity (Wildman–Crippen MR) is 98.6 cm³/mol. The average molecular weight is 354 g/mol. The smallest absolute Gasteiger partial charge is 0.181 e. The number of nitrogens with one attached hydrogen (secondary N) is 1. The van der Waals surface area contributed by atoms with Crippen LogP contribution in [0.3, 0.4) is 0 Å². The number of nitrogens with two attached hydrogens (primary N) is 1. The van der Waals surface area contributed by atoms with Crippen LogP contribution >= 0.6 is 0 Å². The summed E-state index contributed by atoms with van der Waals surface area (Å²) in [6.07, 6.45) is 0. The lowest BCUT2D eigenvalue weighted by atomic mass is 10.1. The lowest BCUT2D eigenvalue weighted by Crippen LogP contribution is -2.13. The Labute approximate surface area is 152 Å². The average Bonchev–Trinajstić information content (AvgIpc) is 3.18. The van der Waals surface area contributed by atoms with E-state index in [-0.39, 0.29) is 0 Å². The molecule has 3 N–H and O–H groups in total. The number of hydrogen-bond donors (Lipinski definition) is 2. The normalized spacial score (nSPS) is 11.8. The monoisotopic (exact) mass is 354 g/mol. The SMILES string of the molecule is CCOc1cc(-c2n[nH]c([C@H](N)c3ccc(OC)cc3)n2)ccc1OC. The Morgan fingerprint density at radius 1 is 1.04 bits per heavy atom. The minimum absolute atomic E-state index is 0.410. The van der Waals surface area contributed by atoms with Crippen LogP contribution in [-0.4, -0.2) is 36.0 Å². The topological polar surface area (TPSA) is 95.3 Å². The summed E-state index contributed by atoms with van der Waals surface area (Å²) in [7, 11) is 3.24. The molecule has 2 aromatic carbocycles.